The van der Waals surface area contributed by atoms with Gasteiger partial charge in [0.05, 0.1) is 12.7 Å². The Morgan fingerprint density at radius 3 is 2.68 bits per heavy atom. The van der Waals surface area contributed by atoms with Crippen molar-refractivity contribution in [2.24, 2.45) is 0 Å². The van der Waals surface area contributed by atoms with E-state index in [1.807, 2.05) is 0 Å². The fraction of sp³-hybridized carbons (Fsp3) is 0.538. The maximum absolute atomic E-state index is 12.1. The van der Waals surface area contributed by atoms with Crippen molar-refractivity contribution in [2.45, 2.75) is 31.8 Å². The predicted octanol–water partition coefficient (Wildman–Crippen LogP) is 0.0512. The summed E-state index contributed by atoms with van der Waals surface area (Å²) in [4.78, 5) is 52.9. The van der Waals surface area contributed by atoms with Gasteiger partial charge in [0.1, 0.15) is 18.9 Å². The van der Waals surface area contributed by atoms with Crippen LogP contribution in [0, 0.1) is 19.3 Å². The van der Waals surface area contributed by atoms with Crippen LogP contribution in [-0.2, 0) is 36.3 Å². The number of hydrogen-bond acceptors (Lipinski definition) is 10. The Labute approximate surface area is 175 Å². The van der Waals surface area contributed by atoms with E-state index in [1.54, 1.807) is 0 Å². The number of H-pyrrole nitrogens is 1. The summed E-state index contributed by atoms with van der Waals surface area (Å²) < 4.78 is 57.9. The van der Waals surface area contributed by atoms with E-state index < -0.39 is 60.2 Å². The Kier molecular flexibility index (Phi) is 8.63. The molecule has 0 aromatic carbocycles. The Bertz CT molecular complexity index is 1080. The Morgan fingerprint density at radius 2 is 2.06 bits per heavy atom. The first-order valence-corrected chi connectivity index (χ1v) is 12.4. The number of nitrogens with zero attached hydrogens (tertiary/aromatic N) is 1. The smallest absolute Gasteiger partial charge is 0.363 e. The van der Waals surface area contributed by atoms with Crippen LogP contribution >= 0.6 is 23.9 Å². The molecule has 0 amide bonds. The molecule has 0 saturated carbocycles. The van der Waals surface area contributed by atoms with E-state index in [-0.39, 0.29) is 18.6 Å². The third-order valence-electron chi connectivity index (χ3n) is 3.80. The summed E-state index contributed by atoms with van der Waals surface area (Å²) in [6.45, 7) is 0.556. The molecule has 0 aliphatic carbocycles. The van der Waals surface area contributed by atoms with E-state index in [4.69, 9.17) is 25.7 Å². The molecule has 4 N–H and O–H groups in total. The lowest BCUT2D eigenvalue weighted by Gasteiger charge is -2.20. The zero-order valence-electron chi connectivity index (χ0n) is 15.7. The number of aromatic nitrogens is 2. The van der Waals surface area contributed by atoms with Gasteiger partial charge in [-0.2, -0.15) is 4.31 Å². The molecule has 6 atom stereocenters. The fourth-order valence-corrected chi connectivity index (χ4v) is 5.24. The van der Waals surface area contributed by atoms with Gasteiger partial charge in [0.25, 0.3) is 5.56 Å². The van der Waals surface area contributed by atoms with Crippen LogP contribution in [0.25, 0.3) is 0 Å². The standard InChI is InChI=1S/C13H17N2O13P3/c1-3-4-24-9-5-11(15-6-8(2)12(16)14-13(15)17)26-10(9)7-25-30(20,21)28-31(22,23)27-29(18)19/h1,6,9-11H,4-5,7H2,2H3,(H3-,14,16,17,18,19,20,21,22,23)/p+1/t9-,10-,11?/m1/s1. The van der Waals surface area contributed by atoms with Crippen LogP contribution < -0.4 is 11.2 Å². The molecule has 1 aliphatic rings. The number of ether oxygens (including phenoxy) is 2. The lowest BCUT2D eigenvalue weighted by molar-refractivity contribution is -0.0564. The fourth-order valence-electron chi connectivity index (χ4n) is 2.58. The first kappa shape index (κ1) is 25.7. The summed E-state index contributed by atoms with van der Waals surface area (Å²) in [5, 5.41) is 0. The molecule has 172 valence electrons. The van der Waals surface area contributed by atoms with E-state index >= 15 is 0 Å². The van der Waals surface area contributed by atoms with E-state index in [0.29, 0.717) is 0 Å². The molecule has 31 heavy (non-hydrogen) atoms. The highest BCUT2D eigenvalue weighted by atomic mass is 31.3. The van der Waals surface area contributed by atoms with Crippen molar-refractivity contribution in [1.29, 1.82) is 0 Å². The number of aromatic amines is 1. The summed E-state index contributed by atoms with van der Waals surface area (Å²) in [6.07, 6.45) is 3.52. The molecule has 0 radical (unpaired) electrons. The van der Waals surface area contributed by atoms with Crippen molar-refractivity contribution in [2.75, 3.05) is 13.2 Å². The van der Waals surface area contributed by atoms with Gasteiger partial charge in [0, 0.05) is 22.7 Å². The van der Waals surface area contributed by atoms with Crippen molar-refractivity contribution in [3.8, 4) is 12.3 Å². The van der Waals surface area contributed by atoms with Crippen molar-refractivity contribution in [1.82, 2.24) is 9.55 Å². The van der Waals surface area contributed by atoms with Gasteiger partial charge in [-0.3, -0.25) is 23.8 Å². The van der Waals surface area contributed by atoms with Crippen LogP contribution in [-0.4, -0.2) is 49.7 Å². The zero-order valence-corrected chi connectivity index (χ0v) is 18.4. The quantitative estimate of drug-likeness (QED) is 0.246. The Balaban J connectivity index is 2.14. The predicted molar refractivity (Wildman–Crippen MR) is 101 cm³/mol. The van der Waals surface area contributed by atoms with Gasteiger partial charge in [0.15, 0.2) is 0 Å². The second-order valence-corrected chi connectivity index (χ2v) is 9.95. The first-order chi connectivity index (χ1) is 14.3. The highest BCUT2D eigenvalue weighted by molar-refractivity contribution is 7.64. The molecule has 1 saturated heterocycles. The van der Waals surface area contributed by atoms with Gasteiger partial charge < -0.3 is 14.4 Å². The maximum atomic E-state index is 12.1. The summed E-state index contributed by atoms with van der Waals surface area (Å²) in [7, 11) is -14.3. The van der Waals surface area contributed by atoms with Crippen LogP contribution in [0.1, 0.15) is 18.2 Å². The Hall–Kier alpha value is -1.52. The third-order valence-corrected chi connectivity index (χ3v) is 7.31. The van der Waals surface area contributed by atoms with Crippen molar-refractivity contribution in [3.05, 3.63) is 32.6 Å². The van der Waals surface area contributed by atoms with Gasteiger partial charge in [-0.1, -0.05) is 5.92 Å². The number of phosphoric acid groups is 2. The minimum absolute atomic E-state index is 0.0320. The number of aryl methyl sites for hydroxylation is 1. The SMILES string of the molecule is C#CCO[C@@H]1CC(n2cc(C)c(=O)[nH]c2=O)O[C@@H]1COP(=O)(O)OP(=O)(O)O[P+](=O)O. The van der Waals surface area contributed by atoms with Gasteiger partial charge in [-0.15, -0.1) is 11.3 Å². The van der Waals surface area contributed by atoms with Gasteiger partial charge in [-0.05, 0) is 11.2 Å². The largest absolute Gasteiger partial charge is 0.705 e. The molecule has 0 bridgehead atoms. The van der Waals surface area contributed by atoms with E-state index in [0.717, 1.165) is 4.57 Å². The molecule has 2 rings (SSSR count). The van der Waals surface area contributed by atoms with Crippen LogP contribution in [0.3, 0.4) is 0 Å². The van der Waals surface area contributed by atoms with Gasteiger partial charge in [-0.25, -0.2) is 13.9 Å². The molecule has 18 heteroatoms. The average Bonchev–Trinajstić information content (AvgIpc) is 3.02. The zero-order chi connectivity index (χ0) is 23.4. The first-order valence-electron chi connectivity index (χ1n) is 8.23. The van der Waals surface area contributed by atoms with Crippen molar-refractivity contribution >= 4 is 23.9 Å². The topological polar surface area (TPSA) is 213 Å². The molecular weight excluding hydrogens is 485 g/mol. The Morgan fingerprint density at radius 1 is 1.39 bits per heavy atom. The van der Waals surface area contributed by atoms with Gasteiger partial charge in [0.2, 0.25) is 0 Å². The third kappa shape index (κ3) is 7.54. The lowest BCUT2D eigenvalue weighted by atomic mass is 10.2. The van der Waals surface area contributed by atoms with Crippen molar-refractivity contribution < 1.29 is 51.0 Å². The molecular formula is C13H18N2O13P3+. The molecule has 15 nitrogen and oxygen atoms in total. The van der Waals surface area contributed by atoms with E-state index in [2.05, 4.69) is 24.0 Å². The molecule has 1 aromatic rings. The van der Waals surface area contributed by atoms with Crippen LogP contribution in [0.15, 0.2) is 15.8 Å². The second kappa shape index (κ2) is 10.4. The molecule has 4 unspecified atom stereocenters. The number of phosphoric ester groups is 1. The average molecular weight is 503 g/mol. The second-order valence-electron chi connectivity index (χ2n) is 6.03. The number of rotatable bonds is 10. The number of nitrogens with one attached hydrogen (secondary N) is 1. The molecule has 0 spiro atoms. The number of hydrogen-bond donors (Lipinski definition) is 4. The van der Waals surface area contributed by atoms with Crippen LogP contribution in [0.5, 0.6) is 0 Å². The summed E-state index contributed by atoms with van der Waals surface area (Å²) in [5.41, 5.74) is -1.14. The number of terminal acetylenes is 1. The lowest BCUT2D eigenvalue weighted by Crippen LogP contribution is -2.33. The molecule has 1 aliphatic heterocycles. The van der Waals surface area contributed by atoms with E-state index in [1.165, 1.54) is 13.1 Å². The summed E-state index contributed by atoms with van der Waals surface area (Å²) in [6, 6.07) is 0. The summed E-state index contributed by atoms with van der Waals surface area (Å²) in [5.74, 6) is 2.22. The normalized spacial score (nSPS) is 25.4. The minimum atomic E-state index is -5.39. The minimum Gasteiger partial charge on any atom is -0.363 e. The van der Waals surface area contributed by atoms with Gasteiger partial charge >= 0.3 is 29.6 Å². The van der Waals surface area contributed by atoms with Crippen molar-refractivity contribution in [3.63, 3.8) is 0 Å². The highest BCUT2D eigenvalue weighted by Crippen LogP contribution is 2.63. The maximum Gasteiger partial charge on any atom is 0.705 e. The van der Waals surface area contributed by atoms with Crippen LogP contribution in [0.2, 0.25) is 0 Å². The molecule has 1 aromatic heterocycles. The van der Waals surface area contributed by atoms with E-state index in [9.17, 15) is 28.2 Å². The molecule has 1 fully saturated rings. The molecule has 2 heterocycles. The summed E-state index contributed by atoms with van der Waals surface area (Å²) >= 11 is 0. The monoisotopic (exact) mass is 503 g/mol. The van der Waals surface area contributed by atoms with Crippen LogP contribution in [0.4, 0.5) is 0 Å². The highest BCUT2D eigenvalue weighted by Gasteiger charge is 2.44.